The maximum atomic E-state index is 12.7. The summed E-state index contributed by atoms with van der Waals surface area (Å²) in [5, 5.41) is 0. The lowest BCUT2D eigenvalue weighted by Gasteiger charge is -2.09. The van der Waals surface area contributed by atoms with E-state index in [1.54, 1.807) is 18.2 Å². The summed E-state index contributed by atoms with van der Waals surface area (Å²) >= 11 is 0. The minimum Gasteiger partial charge on any atom is -0.489 e. The van der Waals surface area contributed by atoms with Gasteiger partial charge in [-0.25, -0.2) is 4.39 Å². The zero-order valence-corrected chi connectivity index (χ0v) is 9.61. The van der Waals surface area contributed by atoms with E-state index in [4.69, 9.17) is 10.5 Å². The summed E-state index contributed by atoms with van der Waals surface area (Å²) in [5.74, 6) is 0.517. The van der Waals surface area contributed by atoms with Crippen LogP contribution in [-0.4, -0.2) is 0 Å². The van der Waals surface area contributed by atoms with Crippen molar-refractivity contribution in [2.24, 2.45) is 0 Å². The van der Waals surface area contributed by atoms with Crippen LogP contribution >= 0.6 is 0 Å². The molecule has 0 spiro atoms. The molecule has 0 atom stereocenters. The minimum atomic E-state index is -0.242. The molecule has 3 heteroatoms. The Hall–Kier alpha value is -2.03. The number of ether oxygens (including phenoxy) is 1. The highest BCUT2D eigenvalue weighted by atomic mass is 19.1. The third-order valence-electron chi connectivity index (χ3n) is 2.52. The zero-order chi connectivity index (χ0) is 12.3. The molecule has 0 fully saturated rings. The van der Waals surface area contributed by atoms with Crippen LogP contribution in [0, 0.1) is 12.7 Å². The number of halogens is 1. The van der Waals surface area contributed by atoms with E-state index < -0.39 is 0 Å². The number of anilines is 1. The molecule has 2 N–H and O–H groups in total. The third kappa shape index (κ3) is 2.97. The van der Waals surface area contributed by atoms with Gasteiger partial charge < -0.3 is 10.5 Å². The van der Waals surface area contributed by atoms with Gasteiger partial charge in [0.1, 0.15) is 18.2 Å². The fourth-order valence-electron chi connectivity index (χ4n) is 1.51. The van der Waals surface area contributed by atoms with Crippen molar-refractivity contribution in [2.75, 3.05) is 5.73 Å². The van der Waals surface area contributed by atoms with Gasteiger partial charge in [-0.2, -0.15) is 0 Å². The van der Waals surface area contributed by atoms with Gasteiger partial charge in [0.15, 0.2) is 0 Å². The van der Waals surface area contributed by atoms with E-state index in [0.717, 1.165) is 16.9 Å². The molecule has 0 radical (unpaired) electrons. The fraction of sp³-hybridized carbons (Fsp3) is 0.143. The van der Waals surface area contributed by atoms with Crippen LogP contribution in [0.2, 0.25) is 0 Å². The summed E-state index contributed by atoms with van der Waals surface area (Å²) in [6.07, 6.45) is 0. The summed E-state index contributed by atoms with van der Waals surface area (Å²) < 4.78 is 18.4. The topological polar surface area (TPSA) is 35.2 Å². The van der Waals surface area contributed by atoms with E-state index in [0.29, 0.717) is 12.3 Å². The fourth-order valence-corrected chi connectivity index (χ4v) is 1.51. The van der Waals surface area contributed by atoms with Crippen LogP contribution in [0.1, 0.15) is 11.1 Å². The number of benzene rings is 2. The van der Waals surface area contributed by atoms with Gasteiger partial charge in [-0.05, 0) is 36.2 Å². The molecule has 0 saturated carbocycles. The van der Waals surface area contributed by atoms with Crippen molar-refractivity contribution in [1.82, 2.24) is 0 Å². The van der Waals surface area contributed by atoms with Crippen LogP contribution in [0.15, 0.2) is 42.5 Å². The van der Waals surface area contributed by atoms with Crippen LogP contribution < -0.4 is 10.5 Å². The average molecular weight is 231 g/mol. The van der Waals surface area contributed by atoms with Crippen LogP contribution in [-0.2, 0) is 6.61 Å². The van der Waals surface area contributed by atoms with Gasteiger partial charge in [0.25, 0.3) is 0 Å². The molecule has 0 aliphatic rings. The van der Waals surface area contributed by atoms with E-state index in [-0.39, 0.29) is 5.82 Å². The normalized spacial score (nSPS) is 10.2. The van der Waals surface area contributed by atoms with Crippen molar-refractivity contribution in [3.63, 3.8) is 0 Å². The zero-order valence-electron chi connectivity index (χ0n) is 9.61. The molecule has 0 unspecified atom stereocenters. The van der Waals surface area contributed by atoms with Crippen molar-refractivity contribution < 1.29 is 9.13 Å². The smallest absolute Gasteiger partial charge is 0.124 e. The van der Waals surface area contributed by atoms with E-state index in [9.17, 15) is 4.39 Å². The Bertz CT molecular complexity index is 508. The van der Waals surface area contributed by atoms with Gasteiger partial charge in [-0.1, -0.05) is 18.2 Å². The van der Waals surface area contributed by atoms with Crippen molar-refractivity contribution in [3.05, 3.63) is 59.4 Å². The van der Waals surface area contributed by atoms with Gasteiger partial charge in [-0.3, -0.25) is 0 Å². The largest absolute Gasteiger partial charge is 0.489 e. The molecule has 2 aromatic carbocycles. The second-order valence-corrected chi connectivity index (χ2v) is 3.94. The van der Waals surface area contributed by atoms with Crippen LogP contribution in [0.3, 0.4) is 0 Å². The van der Waals surface area contributed by atoms with Crippen molar-refractivity contribution in [2.45, 2.75) is 13.5 Å². The number of hydrogen-bond donors (Lipinski definition) is 1. The number of nitrogens with two attached hydrogens (primary N) is 1. The van der Waals surface area contributed by atoms with Crippen molar-refractivity contribution >= 4 is 5.69 Å². The van der Waals surface area contributed by atoms with E-state index in [1.807, 2.05) is 19.1 Å². The first kappa shape index (κ1) is 11.5. The Kier molecular flexibility index (Phi) is 3.28. The average Bonchev–Trinajstić information content (AvgIpc) is 2.32. The Morgan fingerprint density at radius 2 is 1.82 bits per heavy atom. The first-order chi connectivity index (χ1) is 8.15. The van der Waals surface area contributed by atoms with Gasteiger partial charge in [0, 0.05) is 11.8 Å². The second kappa shape index (κ2) is 4.87. The number of aryl methyl sites for hydroxylation is 1. The Morgan fingerprint density at radius 1 is 1.12 bits per heavy atom. The summed E-state index contributed by atoms with van der Waals surface area (Å²) in [6.45, 7) is 2.37. The first-order valence-corrected chi connectivity index (χ1v) is 5.38. The van der Waals surface area contributed by atoms with Gasteiger partial charge in [0.05, 0.1) is 0 Å². The maximum absolute atomic E-state index is 12.7. The highest BCUT2D eigenvalue weighted by Crippen LogP contribution is 2.21. The molecule has 0 aliphatic heterocycles. The lowest BCUT2D eigenvalue weighted by atomic mass is 10.2. The Labute approximate surface area is 99.8 Å². The van der Waals surface area contributed by atoms with E-state index in [2.05, 4.69) is 0 Å². The van der Waals surface area contributed by atoms with E-state index >= 15 is 0 Å². The predicted molar refractivity (Wildman–Crippen MR) is 66.3 cm³/mol. The maximum Gasteiger partial charge on any atom is 0.124 e. The second-order valence-electron chi connectivity index (χ2n) is 3.94. The molecular weight excluding hydrogens is 217 g/mol. The standard InChI is InChI=1S/C14H14FNO/c1-10-2-7-13(16)8-14(10)17-9-11-3-5-12(15)6-4-11/h2-8H,9,16H2,1H3. The Morgan fingerprint density at radius 3 is 2.53 bits per heavy atom. The summed E-state index contributed by atoms with van der Waals surface area (Å²) in [6, 6.07) is 11.8. The molecule has 0 aromatic heterocycles. The molecule has 17 heavy (non-hydrogen) atoms. The van der Waals surface area contributed by atoms with Crippen LogP contribution in [0.25, 0.3) is 0 Å². The molecule has 0 aliphatic carbocycles. The third-order valence-corrected chi connectivity index (χ3v) is 2.52. The minimum absolute atomic E-state index is 0.242. The van der Waals surface area contributed by atoms with Crippen LogP contribution in [0.5, 0.6) is 5.75 Å². The summed E-state index contributed by atoms with van der Waals surface area (Å²) in [4.78, 5) is 0. The van der Waals surface area contributed by atoms with Gasteiger partial charge in [-0.15, -0.1) is 0 Å². The lowest BCUT2D eigenvalue weighted by molar-refractivity contribution is 0.304. The number of hydrogen-bond acceptors (Lipinski definition) is 2. The number of rotatable bonds is 3. The highest BCUT2D eigenvalue weighted by molar-refractivity contribution is 5.48. The van der Waals surface area contributed by atoms with E-state index in [1.165, 1.54) is 12.1 Å². The summed E-state index contributed by atoms with van der Waals surface area (Å²) in [7, 11) is 0. The summed E-state index contributed by atoms with van der Waals surface area (Å²) in [5.41, 5.74) is 8.31. The lowest BCUT2D eigenvalue weighted by Crippen LogP contribution is -1.98. The highest BCUT2D eigenvalue weighted by Gasteiger charge is 2.01. The number of nitrogen functional groups attached to an aromatic ring is 1. The molecule has 2 rings (SSSR count). The molecule has 0 amide bonds. The van der Waals surface area contributed by atoms with Gasteiger partial charge >= 0.3 is 0 Å². The van der Waals surface area contributed by atoms with Crippen LogP contribution in [0.4, 0.5) is 10.1 Å². The van der Waals surface area contributed by atoms with Gasteiger partial charge in [0.2, 0.25) is 0 Å². The Balaban J connectivity index is 2.07. The molecular formula is C14H14FNO. The molecule has 0 heterocycles. The monoisotopic (exact) mass is 231 g/mol. The quantitative estimate of drug-likeness (QED) is 0.822. The SMILES string of the molecule is Cc1ccc(N)cc1OCc1ccc(F)cc1. The molecule has 0 bridgehead atoms. The van der Waals surface area contributed by atoms with Crippen molar-refractivity contribution in [1.29, 1.82) is 0 Å². The molecule has 0 saturated heterocycles. The van der Waals surface area contributed by atoms with Crippen molar-refractivity contribution in [3.8, 4) is 5.75 Å². The predicted octanol–water partition coefficient (Wildman–Crippen LogP) is 3.30. The molecule has 2 nitrogen and oxygen atoms in total. The first-order valence-electron chi connectivity index (χ1n) is 5.38. The molecule has 88 valence electrons. The molecule has 2 aromatic rings.